The summed E-state index contributed by atoms with van der Waals surface area (Å²) in [5, 5.41) is 6.70. The Morgan fingerprint density at radius 2 is 1.74 bits per heavy atom. The molecule has 0 saturated heterocycles. The Hall–Kier alpha value is -2.92. The van der Waals surface area contributed by atoms with Gasteiger partial charge in [-0.05, 0) is 36.1 Å². The molecule has 0 atom stereocenters. The van der Waals surface area contributed by atoms with Gasteiger partial charge in [0.25, 0.3) is 5.91 Å². The number of benzene rings is 2. The third kappa shape index (κ3) is 4.63. The first-order valence-electron chi connectivity index (χ1n) is 8.77. The molecule has 5 nitrogen and oxygen atoms in total. The number of rotatable bonds is 6. The fraction of sp³-hybridized carbons (Fsp3) is 0.190. The van der Waals surface area contributed by atoms with Crippen molar-refractivity contribution in [2.24, 2.45) is 0 Å². The first-order valence-corrected chi connectivity index (χ1v) is 9.15. The van der Waals surface area contributed by atoms with Crippen molar-refractivity contribution in [3.63, 3.8) is 0 Å². The maximum absolute atomic E-state index is 12.3. The lowest BCUT2D eigenvalue weighted by atomic mass is 10.1. The summed E-state index contributed by atoms with van der Waals surface area (Å²) in [6, 6.07) is 13.6. The van der Waals surface area contributed by atoms with Gasteiger partial charge in [0.15, 0.2) is 0 Å². The van der Waals surface area contributed by atoms with Gasteiger partial charge in [0.1, 0.15) is 0 Å². The van der Waals surface area contributed by atoms with Crippen molar-refractivity contribution in [1.82, 2.24) is 15.3 Å². The van der Waals surface area contributed by atoms with Crippen LogP contribution in [-0.2, 0) is 13.0 Å². The largest absolute Gasteiger partial charge is 0.348 e. The maximum Gasteiger partial charge on any atom is 0.254 e. The molecular weight excluding hydrogens is 360 g/mol. The minimum absolute atomic E-state index is 0.244. The third-order valence-corrected chi connectivity index (χ3v) is 4.66. The molecule has 0 spiro atoms. The molecule has 0 saturated carbocycles. The Bertz CT molecular complexity index is 941. The van der Waals surface area contributed by atoms with E-state index in [1.165, 1.54) is 18.0 Å². The highest BCUT2D eigenvalue weighted by molar-refractivity contribution is 6.31. The number of amides is 1. The number of para-hydroxylation sites is 1. The summed E-state index contributed by atoms with van der Waals surface area (Å²) < 4.78 is 0. The van der Waals surface area contributed by atoms with Crippen molar-refractivity contribution in [2.45, 2.75) is 26.8 Å². The molecule has 0 radical (unpaired) electrons. The second kappa shape index (κ2) is 8.64. The minimum atomic E-state index is -0.244. The Balaban J connectivity index is 1.67. The van der Waals surface area contributed by atoms with E-state index in [2.05, 4.69) is 33.6 Å². The summed E-state index contributed by atoms with van der Waals surface area (Å²) in [6.45, 7) is 4.49. The minimum Gasteiger partial charge on any atom is -0.348 e. The summed E-state index contributed by atoms with van der Waals surface area (Å²) in [7, 11) is 0. The number of hydrogen-bond donors (Lipinski definition) is 2. The molecule has 0 aliphatic carbocycles. The van der Waals surface area contributed by atoms with Crippen LogP contribution in [0.25, 0.3) is 0 Å². The van der Waals surface area contributed by atoms with Crippen molar-refractivity contribution in [3.05, 3.63) is 82.1 Å². The predicted octanol–water partition coefficient (Wildman–Crippen LogP) is 4.67. The van der Waals surface area contributed by atoms with Gasteiger partial charge in [-0.25, -0.2) is 9.97 Å². The SMILES string of the molecule is CCc1cccc(C)c1Nc1ncc(C(=O)NCc2ccccc2Cl)cn1. The molecule has 27 heavy (non-hydrogen) atoms. The molecule has 0 aliphatic heterocycles. The third-order valence-electron chi connectivity index (χ3n) is 4.29. The van der Waals surface area contributed by atoms with Gasteiger partial charge in [-0.15, -0.1) is 0 Å². The smallest absolute Gasteiger partial charge is 0.254 e. The van der Waals surface area contributed by atoms with Crippen molar-refractivity contribution < 1.29 is 4.79 Å². The van der Waals surface area contributed by atoms with Crippen LogP contribution in [0.3, 0.4) is 0 Å². The quantitative estimate of drug-likeness (QED) is 0.651. The summed E-state index contributed by atoms with van der Waals surface area (Å²) in [6.07, 6.45) is 3.94. The molecule has 3 rings (SSSR count). The van der Waals surface area contributed by atoms with E-state index in [1.807, 2.05) is 37.3 Å². The van der Waals surface area contributed by atoms with Crippen LogP contribution in [0.1, 0.15) is 34.0 Å². The molecule has 1 aromatic heterocycles. The number of aryl methyl sites for hydroxylation is 2. The zero-order valence-electron chi connectivity index (χ0n) is 15.3. The summed E-state index contributed by atoms with van der Waals surface area (Å²) in [5.41, 5.74) is 4.59. The van der Waals surface area contributed by atoms with E-state index in [0.717, 1.165) is 23.2 Å². The molecule has 0 aliphatic rings. The van der Waals surface area contributed by atoms with Gasteiger partial charge in [-0.2, -0.15) is 0 Å². The van der Waals surface area contributed by atoms with E-state index >= 15 is 0 Å². The Labute approximate surface area is 163 Å². The van der Waals surface area contributed by atoms with Gasteiger partial charge in [-0.3, -0.25) is 4.79 Å². The first kappa shape index (κ1) is 18.9. The zero-order valence-corrected chi connectivity index (χ0v) is 16.0. The topological polar surface area (TPSA) is 66.9 Å². The maximum atomic E-state index is 12.3. The molecule has 0 unspecified atom stereocenters. The number of carbonyl (C=O) groups is 1. The molecule has 1 heterocycles. The molecule has 3 aromatic rings. The lowest BCUT2D eigenvalue weighted by molar-refractivity contribution is 0.0950. The van der Waals surface area contributed by atoms with Crippen LogP contribution in [0.4, 0.5) is 11.6 Å². The van der Waals surface area contributed by atoms with Gasteiger partial charge < -0.3 is 10.6 Å². The average Bonchev–Trinajstić information content (AvgIpc) is 2.69. The first-order chi connectivity index (χ1) is 13.1. The molecule has 2 N–H and O–H groups in total. The Morgan fingerprint density at radius 1 is 1.04 bits per heavy atom. The van der Waals surface area contributed by atoms with E-state index in [-0.39, 0.29) is 5.91 Å². The van der Waals surface area contributed by atoms with Gasteiger partial charge in [0.2, 0.25) is 5.95 Å². The van der Waals surface area contributed by atoms with Crippen molar-refractivity contribution in [1.29, 1.82) is 0 Å². The highest BCUT2D eigenvalue weighted by Crippen LogP contribution is 2.23. The fourth-order valence-corrected chi connectivity index (χ4v) is 2.95. The number of carbonyl (C=O) groups excluding carboxylic acids is 1. The van der Waals surface area contributed by atoms with Crippen LogP contribution in [-0.4, -0.2) is 15.9 Å². The Morgan fingerprint density at radius 3 is 2.44 bits per heavy atom. The van der Waals surface area contributed by atoms with Gasteiger partial charge in [0, 0.05) is 29.6 Å². The summed E-state index contributed by atoms with van der Waals surface area (Å²) in [5.74, 6) is 0.216. The van der Waals surface area contributed by atoms with E-state index in [1.54, 1.807) is 6.07 Å². The second-order valence-corrected chi connectivity index (χ2v) is 6.56. The van der Waals surface area contributed by atoms with Gasteiger partial charge in [-0.1, -0.05) is 54.9 Å². The van der Waals surface area contributed by atoms with Crippen LogP contribution in [0, 0.1) is 6.92 Å². The van der Waals surface area contributed by atoms with Gasteiger partial charge in [0.05, 0.1) is 5.56 Å². The number of nitrogens with zero attached hydrogens (tertiary/aromatic N) is 2. The van der Waals surface area contributed by atoms with Crippen LogP contribution in [0.2, 0.25) is 5.02 Å². The number of hydrogen-bond acceptors (Lipinski definition) is 4. The van der Waals surface area contributed by atoms with E-state index in [4.69, 9.17) is 11.6 Å². The monoisotopic (exact) mass is 380 g/mol. The lowest BCUT2D eigenvalue weighted by Crippen LogP contribution is -2.23. The van der Waals surface area contributed by atoms with Crippen molar-refractivity contribution in [3.8, 4) is 0 Å². The second-order valence-electron chi connectivity index (χ2n) is 6.16. The molecule has 0 fully saturated rings. The van der Waals surface area contributed by atoms with Crippen LogP contribution < -0.4 is 10.6 Å². The van der Waals surface area contributed by atoms with Crippen LogP contribution in [0.5, 0.6) is 0 Å². The summed E-state index contributed by atoms with van der Waals surface area (Å²) >= 11 is 6.10. The summed E-state index contributed by atoms with van der Waals surface area (Å²) in [4.78, 5) is 20.8. The standard InChI is InChI=1S/C21H21ClN4O/c1-3-15-9-6-7-14(2)19(15)26-21-24-12-17(13-25-21)20(27)23-11-16-8-4-5-10-18(16)22/h4-10,12-13H,3,11H2,1-2H3,(H,23,27)(H,24,25,26). The highest BCUT2D eigenvalue weighted by atomic mass is 35.5. The number of nitrogens with one attached hydrogen (secondary N) is 2. The molecule has 1 amide bonds. The number of anilines is 2. The number of halogens is 1. The van der Waals surface area contributed by atoms with E-state index in [9.17, 15) is 4.79 Å². The average molecular weight is 381 g/mol. The van der Waals surface area contributed by atoms with Crippen LogP contribution in [0.15, 0.2) is 54.9 Å². The lowest BCUT2D eigenvalue weighted by Gasteiger charge is -2.13. The predicted molar refractivity (Wildman–Crippen MR) is 108 cm³/mol. The van der Waals surface area contributed by atoms with Crippen LogP contribution >= 0.6 is 11.6 Å². The normalized spacial score (nSPS) is 10.5. The molecule has 0 bridgehead atoms. The highest BCUT2D eigenvalue weighted by Gasteiger charge is 2.10. The molecular formula is C21H21ClN4O. The Kier molecular flexibility index (Phi) is 6.04. The number of aromatic nitrogens is 2. The van der Waals surface area contributed by atoms with E-state index < -0.39 is 0 Å². The molecule has 6 heteroatoms. The van der Waals surface area contributed by atoms with Crippen molar-refractivity contribution >= 4 is 29.1 Å². The van der Waals surface area contributed by atoms with Gasteiger partial charge >= 0.3 is 0 Å². The molecule has 138 valence electrons. The molecule has 2 aromatic carbocycles. The fourth-order valence-electron chi connectivity index (χ4n) is 2.74. The van der Waals surface area contributed by atoms with E-state index in [0.29, 0.717) is 23.1 Å². The zero-order chi connectivity index (χ0) is 19.2. The van der Waals surface area contributed by atoms with Crippen molar-refractivity contribution in [2.75, 3.05) is 5.32 Å².